The van der Waals surface area contributed by atoms with E-state index in [1.54, 1.807) is 6.07 Å². The predicted octanol–water partition coefficient (Wildman–Crippen LogP) is 4.47. The van der Waals surface area contributed by atoms with E-state index in [2.05, 4.69) is 23.2 Å². The summed E-state index contributed by atoms with van der Waals surface area (Å²) in [6, 6.07) is 19.8. The first-order valence-electron chi connectivity index (χ1n) is 6.04. The summed E-state index contributed by atoms with van der Waals surface area (Å²) in [6.07, 6.45) is 0. The zero-order chi connectivity index (χ0) is 13.1. The van der Waals surface area contributed by atoms with Gasteiger partial charge >= 0.3 is 0 Å². The number of pyridine rings is 1. The average Bonchev–Trinajstić information content (AvgIpc) is 2.45. The Bertz CT molecular complexity index is 712. The Hall–Kier alpha value is -2.06. The van der Waals surface area contributed by atoms with E-state index in [0.717, 1.165) is 11.4 Å². The molecule has 0 N–H and O–H groups in total. The van der Waals surface area contributed by atoms with Crippen LogP contribution in [0.25, 0.3) is 10.8 Å². The van der Waals surface area contributed by atoms with Gasteiger partial charge in [0.2, 0.25) is 0 Å². The van der Waals surface area contributed by atoms with Crippen LogP contribution in [0.15, 0.2) is 60.7 Å². The molecule has 0 aliphatic heterocycles. The van der Waals surface area contributed by atoms with Crippen molar-refractivity contribution in [3.8, 4) is 5.75 Å². The van der Waals surface area contributed by atoms with Crippen LogP contribution in [0.5, 0.6) is 5.75 Å². The maximum absolute atomic E-state index is 5.84. The highest BCUT2D eigenvalue weighted by molar-refractivity contribution is 6.29. The molecule has 0 spiro atoms. The molecule has 1 aromatic heterocycles. The fraction of sp³-hybridized carbons (Fsp3) is 0.0625. The second-order valence-corrected chi connectivity index (χ2v) is 4.64. The molecule has 0 atom stereocenters. The molecule has 0 fully saturated rings. The Morgan fingerprint density at radius 1 is 0.895 bits per heavy atom. The maximum atomic E-state index is 5.84. The van der Waals surface area contributed by atoms with Gasteiger partial charge in [0, 0.05) is 0 Å². The van der Waals surface area contributed by atoms with Crippen molar-refractivity contribution in [3.63, 3.8) is 0 Å². The van der Waals surface area contributed by atoms with Gasteiger partial charge in [-0.2, -0.15) is 0 Å². The summed E-state index contributed by atoms with van der Waals surface area (Å²) >= 11 is 5.84. The lowest BCUT2D eigenvalue weighted by atomic mass is 10.1. The number of nitrogens with zero attached hydrogens (tertiary/aromatic N) is 1. The maximum Gasteiger partial charge on any atom is 0.130 e. The fourth-order valence-electron chi connectivity index (χ4n) is 1.95. The molecule has 19 heavy (non-hydrogen) atoms. The summed E-state index contributed by atoms with van der Waals surface area (Å²) in [5, 5.41) is 2.86. The molecule has 0 amide bonds. The zero-order valence-corrected chi connectivity index (χ0v) is 11.0. The Morgan fingerprint density at radius 2 is 1.74 bits per heavy atom. The first-order valence-corrected chi connectivity index (χ1v) is 6.42. The van der Waals surface area contributed by atoms with Crippen LogP contribution in [0.4, 0.5) is 0 Å². The predicted molar refractivity (Wildman–Crippen MR) is 77.5 cm³/mol. The Labute approximate surface area is 116 Å². The number of rotatable bonds is 3. The monoisotopic (exact) mass is 269 g/mol. The van der Waals surface area contributed by atoms with Crippen LogP contribution in [0.1, 0.15) is 5.69 Å². The van der Waals surface area contributed by atoms with Gasteiger partial charge in [0.1, 0.15) is 17.5 Å². The first-order chi connectivity index (χ1) is 9.31. The third-order valence-electron chi connectivity index (χ3n) is 2.88. The van der Waals surface area contributed by atoms with Gasteiger partial charge in [-0.1, -0.05) is 48.0 Å². The van der Waals surface area contributed by atoms with Gasteiger partial charge in [-0.05, 0) is 35.0 Å². The van der Waals surface area contributed by atoms with E-state index >= 15 is 0 Å². The third-order valence-corrected chi connectivity index (χ3v) is 3.09. The topological polar surface area (TPSA) is 22.1 Å². The average molecular weight is 270 g/mol. The van der Waals surface area contributed by atoms with E-state index in [1.807, 2.05) is 36.4 Å². The normalized spacial score (nSPS) is 10.6. The quantitative estimate of drug-likeness (QED) is 0.655. The molecule has 3 heteroatoms. The van der Waals surface area contributed by atoms with Gasteiger partial charge in [-0.25, -0.2) is 4.98 Å². The molecular weight excluding hydrogens is 258 g/mol. The van der Waals surface area contributed by atoms with Gasteiger partial charge in [0.05, 0.1) is 5.69 Å². The summed E-state index contributed by atoms with van der Waals surface area (Å²) < 4.78 is 5.73. The summed E-state index contributed by atoms with van der Waals surface area (Å²) in [5.74, 6) is 0.834. The molecule has 1 heterocycles. The van der Waals surface area contributed by atoms with Crippen molar-refractivity contribution in [2.45, 2.75) is 6.61 Å². The molecule has 3 rings (SSSR count). The molecule has 0 aliphatic carbocycles. The fourth-order valence-corrected chi connectivity index (χ4v) is 2.13. The number of fused-ring (bicyclic) bond motifs is 1. The van der Waals surface area contributed by atoms with E-state index in [0.29, 0.717) is 11.8 Å². The van der Waals surface area contributed by atoms with Gasteiger partial charge in [-0.15, -0.1) is 0 Å². The SMILES string of the molecule is Clc1cccc(COc2ccc3ccccc3c2)n1. The lowest BCUT2D eigenvalue weighted by Gasteiger charge is -2.07. The summed E-state index contributed by atoms with van der Waals surface area (Å²) in [7, 11) is 0. The van der Waals surface area contributed by atoms with Crippen LogP contribution in [0.2, 0.25) is 5.15 Å². The number of hydrogen-bond donors (Lipinski definition) is 0. The standard InChI is InChI=1S/C16H12ClNO/c17-16-7-3-6-14(18-16)11-19-15-9-8-12-4-1-2-5-13(12)10-15/h1-10H,11H2. The second kappa shape index (κ2) is 5.29. The molecule has 94 valence electrons. The minimum absolute atomic E-state index is 0.416. The Morgan fingerprint density at radius 3 is 2.58 bits per heavy atom. The minimum Gasteiger partial charge on any atom is -0.487 e. The highest BCUT2D eigenvalue weighted by Gasteiger charge is 2.00. The molecule has 0 aliphatic rings. The summed E-state index contributed by atoms with van der Waals surface area (Å²) in [6.45, 7) is 0.416. The zero-order valence-electron chi connectivity index (χ0n) is 10.2. The molecule has 2 aromatic carbocycles. The minimum atomic E-state index is 0.416. The Balaban J connectivity index is 1.78. The number of aromatic nitrogens is 1. The van der Waals surface area contributed by atoms with E-state index in [-0.39, 0.29) is 0 Å². The highest BCUT2D eigenvalue weighted by atomic mass is 35.5. The molecule has 0 bridgehead atoms. The van der Waals surface area contributed by atoms with E-state index in [4.69, 9.17) is 16.3 Å². The molecule has 3 aromatic rings. The van der Waals surface area contributed by atoms with Gasteiger partial charge in [-0.3, -0.25) is 0 Å². The lowest BCUT2D eigenvalue weighted by molar-refractivity contribution is 0.302. The van der Waals surface area contributed by atoms with Gasteiger partial charge < -0.3 is 4.74 Å². The van der Waals surface area contributed by atoms with Crippen molar-refractivity contribution >= 4 is 22.4 Å². The summed E-state index contributed by atoms with van der Waals surface area (Å²) in [5.41, 5.74) is 0.820. The van der Waals surface area contributed by atoms with Crippen molar-refractivity contribution in [2.24, 2.45) is 0 Å². The van der Waals surface area contributed by atoms with Crippen molar-refractivity contribution < 1.29 is 4.74 Å². The summed E-state index contributed by atoms with van der Waals surface area (Å²) in [4.78, 5) is 4.19. The van der Waals surface area contributed by atoms with Crippen molar-refractivity contribution in [3.05, 3.63) is 71.5 Å². The van der Waals surface area contributed by atoms with E-state index in [1.165, 1.54) is 10.8 Å². The molecule has 0 saturated heterocycles. The van der Waals surface area contributed by atoms with E-state index < -0.39 is 0 Å². The van der Waals surface area contributed by atoms with Gasteiger partial charge in [0.15, 0.2) is 0 Å². The molecular formula is C16H12ClNO. The van der Waals surface area contributed by atoms with E-state index in [9.17, 15) is 0 Å². The second-order valence-electron chi connectivity index (χ2n) is 4.25. The van der Waals surface area contributed by atoms with Gasteiger partial charge in [0.25, 0.3) is 0 Å². The van der Waals surface area contributed by atoms with Crippen LogP contribution >= 0.6 is 11.6 Å². The number of benzene rings is 2. The van der Waals surface area contributed by atoms with Crippen LogP contribution in [0, 0.1) is 0 Å². The molecule has 0 saturated carbocycles. The highest BCUT2D eigenvalue weighted by Crippen LogP contribution is 2.21. The smallest absolute Gasteiger partial charge is 0.130 e. The Kier molecular flexibility index (Phi) is 3.34. The van der Waals surface area contributed by atoms with Crippen LogP contribution in [-0.4, -0.2) is 4.98 Å². The number of hydrogen-bond acceptors (Lipinski definition) is 2. The van der Waals surface area contributed by atoms with Crippen molar-refractivity contribution in [2.75, 3.05) is 0 Å². The first kappa shape index (κ1) is 12.0. The number of ether oxygens (including phenoxy) is 1. The van der Waals surface area contributed by atoms with Crippen molar-refractivity contribution in [1.29, 1.82) is 0 Å². The largest absolute Gasteiger partial charge is 0.487 e. The van der Waals surface area contributed by atoms with Crippen LogP contribution in [-0.2, 0) is 6.61 Å². The van der Waals surface area contributed by atoms with Crippen LogP contribution < -0.4 is 4.74 Å². The van der Waals surface area contributed by atoms with Crippen LogP contribution in [0.3, 0.4) is 0 Å². The lowest BCUT2D eigenvalue weighted by Crippen LogP contribution is -1.97. The van der Waals surface area contributed by atoms with Crippen molar-refractivity contribution in [1.82, 2.24) is 4.98 Å². The molecule has 0 radical (unpaired) electrons. The molecule has 0 unspecified atom stereocenters. The number of halogens is 1. The third kappa shape index (κ3) is 2.85. The molecule has 2 nitrogen and oxygen atoms in total.